The van der Waals surface area contributed by atoms with Crippen LogP contribution in [0.5, 0.6) is 0 Å². The van der Waals surface area contributed by atoms with E-state index in [2.05, 4.69) is 39.6 Å². The summed E-state index contributed by atoms with van der Waals surface area (Å²) in [7, 11) is 0. The molecule has 0 spiro atoms. The van der Waals surface area contributed by atoms with E-state index in [-0.39, 0.29) is 17.9 Å². The lowest BCUT2D eigenvalue weighted by molar-refractivity contribution is -0.128. The highest BCUT2D eigenvalue weighted by molar-refractivity contribution is 5.94. The van der Waals surface area contributed by atoms with E-state index in [1.54, 1.807) is 6.92 Å². The molecule has 0 unspecified atom stereocenters. The number of carbonyl (C=O) groups excluding carboxylic acids is 2. The molecule has 132 valence electrons. The summed E-state index contributed by atoms with van der Waals surface area (Å²) in [4.78, 5) is 33.5. The van der Waals surface area contributed by atoms with Crippen molar-refractivity contribution >= 4 is 22.6 Å². The van der Waals surface area contributed by atoms with E-state index in [4.69, 9.17) is 0 Å². The maximum absolute atomic E-state index is 12.4. The summed E-state index contributed by atoms with van der Waals surface area (Å²) < 4.78 is 0. The first-order chi connectivity index (χ1) is 12.6. The summed E-state index contributed by atoms with van der Waals surface area (Å²) in [5.41, 5.74) is 2.22. The number of likely N-dealkylation sites (tertiary alicyclic amines) is 1. The first-order valence-electron chi connectivity index (χ1n) is 8.67. The standard InChI is InChI=1S/C20H20N4O2/c1-13-19(22-12-21-13)20(26)23-16-9-18(25)24(11-16)10-15-7-4-6-14-5-2-3-8-17(14)15/h2-8,12,16H,9-11H2,1H3,(H,21,22)(H,23,26)/t16-/m1/s1. The van der Waals surface area contributed by atoms with Gasteiger partial charge in [-0.2, -0.15) is 0 Å². The van der Waals surface area contributed by atoms with E-state index in [1.807, 2.05) is 23.1 Å². The number of fused-ring (bicyclic) bond motifs is 1. The molecule has 4 rings (SSSR count). The average molecular weight is 348 g/mol. The maximum atomic E-state index is 12.4. The molecule has 1 atom stereocenters. The van der Waals surface area contributed by atoms with Crippen LogP contribution in [0.25, 0.3) is 10.8 Å². The Balaban J connectivity index is 1.46. The Morgan fingerprint density at radius 2 is 2.08 bits per heavy atom. The van der Waals surface area contributed by atoms with E-state index in [0.29, 0.717) is 25.2 Å². The van der Waals surface area contributed by atoms with Crippen LogP contribution >= 0.6 is 0 Å². The summed E-state index contributed by atoms with van der Waals surface area (Å²) in [6, 6.07) is 14.1. The van der Waals surface area contributed by atoms with Crippen molar-refractivity contribution < 1.29 is 9.59 Å². The molecule has 1 aliphatic rings. The number of hydrogen-bond donors (Lipinski definition) is 2. The number of imidazole rings is 1. The molecule has 1 aromatic heterocycles. The van der Waals surface area contributed by atoms with E-state index in [0.717, 1.165) is 22.0 Å². The molecule has 26 heavy (non-hydrogen) atoms. The highest BCUT2D eigenvalue weighted by Gasteiger charge is 2.31. The number of hydrogen-bond acceptors (Lipinski definition) is 3. The van der Waals surface area contributed by atoms with Gasteiger partial charge in [0.25, 0.3) is 5.91 Å². The summed E-state index contributed by atoms with van der Waals surface area (Å²) in [5.74, 6) is -0.185. The average Bonchev–Trinajstić information content (AvgIpc) is 3.21. The Morgan fingerprint density at radius 1 is 1.27 bits per heavy atom. The zero-order chi connectivity index (χ0) is 18.1. The number of aromatic amines is 1. The predicted octanol–water partition coefficient (Wildman–Crippen LogP) is 2.40. The minimum Gasteiger partial charge on any atom is -0.348 e. The van der Waals surface area contributed by atoms with Gasteiger partial charge >= 0.3 is 0 Å². The number of amides is 2. The fourth-order valence-electron chi connectivity index (χ4n) is 3.50. The Kier molecular flexibility index (Phi) is 4.16. The number of rotatable bonds is 4. The number of H-pyrrole nitrogens is 1. The van der Waals surface area contributed by atoms with Gasteiger partial charge in [-0.1, -0.05) is 42.5 Å². The molecule has 6 heteroatoms. The van der Waals surface area contributed by atoms with Gasteiger partial charge in [-0.15, -0.1) is 0 Å². The van der Waals surface area contributed by atoms with E-state index in [1.165, 1.54) is 6.33 Å². The molecular weight excluding hydrogens is 328 g/mol. The minimum atomic E-state index is -0.242. The third kappa shape index (κ3) is 3.06. The second-order valence-corrected chi connectivity index (χ2v) is 6.66. The molecular formula is C20H20N4O2. The molecule has 1 fully saturated rings. The van der Waals surface area contributed by atoms with Crippen LogP contribution in [0.4, 0.5) is 0 Å². The first kappa shape index (κ1) is 16.3. The lowest BCUT2D eigenvalue weighted by Crippen LogP contribution is -2.37. The second-order valence-electron chi connectivity index (χ2n) is 6.66. The molecule has 2 N–H and O–H groups in total. The highest BCUT2D eigenvalue weighted by atomic mass is 16.2. The minimum absolute atomic E-state index is 0.0574. The van der Waals surface area contributed by atoms with Crippen LogP contribution in [0.2, 0.25) is 0 Å². The van der Waals surface area contributed by atoms with Crippen LogP contribution < -0.4 is 5.32 Å². The summed E-state index contributed by atoms with van der Waals surface area (Å²) in [6.45, 7) is 2.86. The molecule has 0 saturated carbocycles. The Labute approximate surface area is 151 Å². The Bertz CT molecular complexity index is 973. The van der Waals surface area contributed by atoms with Crippen molar-refractivity contribution in [1.29, 1.82) is 0 Å². The van der Waals surface area contributed by atoms with Gasteiger partial charge in [-0.25, -0.2) is 4.98 Å². The van der Waals surface area contributed by atoms with Gasteiger partial charge in [0.1, 0.15) is 5.69 Å². The van der Waals surface area contributed by atoms with Gasteiger partial charge in [0.2, 0.25) is 5.91 Å². The maximum Gasteiger partial charge on any atom is 0.272 e. The predicted molar refractivity (Wildman–Crippen MR) is 98.6 cm³/mol. The summed E-state index contributed by atoms with van der Waals surface area (Å²) in [5, 5.41) is 5.24. The quantitative estimate of drug-likeness (QED) is 0.760. The van der Waals surface area contributed by atoms with Crippen LogP contribution in [0.15, 0.2) is 48.8 Å². The van der Waals surface area contributed by atoms with Crippen LogP contribution in [0.1, 0.15) is 28.2 Å². The van der Waals surface area contributed by atoms with Gasteiger partial charge in [0.05, 0.1) is 12.4 Å². The number of benzene rings is 2. The molecule has 1 aliphatic heterocycles. The summed E-state index contributed by atoms with van der Waals surface area (Å²) >= 11 is 0. The zero-order valence-corrected chi connectivity index (χ0v) is 14.5. The van der Waals surface area contributed by atoms with Crippen LogP contribution in [0.3, 0.4) is 0 Å². The number of carbonyl (C=O) groups is 2. The van der Waals surface area contributed by atoms with Gasteiger partial charge in [0, 0.05) is 25.2 Å². The van der Waals surface area contributed by atoms with E-state index < -0.39 is 0 Å². The zero-order valence-electron chi connectivity index (χ0n) is 14.5. The third-order valence-corrected chi connectivity index (χ3v) is 4.84. The van der Waals surface area contributed by atoms with Crippen molar-refractivity contribution in [2.75, 3.05) is 6.54 Å². The number of nitrogens with one attached hydrogen (secondary N) is 2. The topological polar surface area (TPSA) is 78.1 Å². The molecule has 3 aromatic rings. The number of aromatic nitrogens is 2. The highest BCUT2D eigenvalue weighted by Crippen LogP contribution is 2.22. The van der Waals surface area contributed by atoms with Gasteiger partial charge < -0.3 is 15.2 Å². The number of aryl methyl sites for hydroxylation is 1. The lowest BCUT2D eigenvalue weighted by Gasteiger charge is -2.18. The lowest BCUT2D eigenvalue weighted by atomic mass is 10.0. The fraction of sp³-hybridized carbons (Fsp3) is 0.250. The van der Waals surface area contributed by atoms with Gasteiger partial charge in [0.15, 0.2) is 0 Å². The fourth-order valence-corrected chi connectivity index (χ4v) is 3.50. The van der Waals surface area contributed by atoms with Crippen molar-refractivity contribution in [3.8, 4) is 0 Å². The van der Waals surface area contributed by atoms with Gasteiger partial charge in [-0.3, -0.25) is 9.59 Å². The van der Waals surface area contributed by atoms with Crippen LogP contribution in [0, 0.1) is 6.92 Å². The summed E-state index contributed by atoms with van der Waals surface area (Å²) in [6.07, 6.45) is 1.82. The van der Waals surface area contributed by atoms with E-state index >= 15 is 0 Å². The smallest absolute Gasteiger partial charge is 0.272 e. The molecule has 0 radical (unpaired) electrons. The molecule has 2 amide bonds. The van der Waals surface area contributed by atoms with Crippen molar-refractivity contribution in [3.05, 3.63) is 65.7 Å². The molecule has 1 saturated heterocycles. The first-order valence-corrected chi connectivity index (χ1v) is 8.67. The molecule has 0 aliphatic carbocycles. The largest absolute Gasteiger partial charge is 0.348 e. The monoisotopic (exact) mass is 348 g/mol. The van der Waals surface area contributed by atoms with E-state index in [9.17, 15) is 9.59 Å². The Hall–Kier alpha value is -3.15. The van der Waals surface area contributed by atoms with Crippen molar-refractivity contribution in [2.24, 2.45) is 0 Å². The normalized spacial score (nSPS) is 17.0. The van der Waals surface area contributed by atoms with Crippen molar-refractivity contribution in [1.82, 2.24) is 20.2 Å². The molecule has 2 aromatic carbocycles. The molecule has 2 heterocycles. The van der Waals surface area contributed by atoms with Crippen LogP contribution in [-0.4, -0.2) is 39.3 Å². The number of nitrogens with zero attached hydrogens (tertiary/aromatic N) is 2. The van der Waals surface area contributed by atoms with Crippen molar-refractivity contribution in [2.45, 2.75) is 25.9 Å². The second kappa shape index (κ2) is 6.63. The van der Waals surface area contributed by atoms with Crippen molar-refractivity contribution in [3.63, 3.8) is 0 Å². The third-order valence-electron chi connectivity index (χ3n) is 4.84. The Morgan fingerprint density at radius 3 is 2.88 bits per heavy atom. The molecule has 6 nitrogen and oxygen atoms in total. The SMILES string of the molecule is Cc1[nH]cnc1C(=O)N[C@@H]1CC(=O)N(Cc2cccc3ccccc23)C1. The van der Waals surface area contributed by atoms with Crippen LogP contribution in [-0.2, 0) is 11.3 Å². The molecule has 0 bridgehead atoms. The van der Waals surface area contributed by atoms with Gasteiger partial charge in [-0.05, 0) is 23.3 Å².